The highest BCUT2D eigenvalue weighted by Crippen LogP contribution is 2.29. The molecule has 0 aromatic heterocycles. The molecule has 0 bridgehead atoms. The van der Waals surface area contributed by atoms with Crippen LogP contribution in [-0.2, 0) is 0 Å². The molecule has 0 fully saturated rings. The Balaban J connectivity index is 2.31. The largest absolute Gasteiger partial charge is 0.496 e. The lowest BCUT2D eigenvalue weighted by atomic mass is 10.1. The second kappa shape index (κ2) is 6.60. The first kappa shape index (κ1) is 14.6. The molecule has 2 rings (SSSR count). The Bertz CT molecular complexity index is 589. The van der Waals surface area contributed by atoms with E-state index in [9.17, 15) is 4.79 Å². The molecule has 0 heterocycles. The summed E-state index contributed by atoms with van der Waals surface area (Å²) in [6.07, 6.45) is 0. The summed E-state index contributed by atoms with van der Waals surface area (Å²) in [6, 6.07) is 12.8. The molecule has 0 saturated heterocycles. The number of anilines is 1. The molecule has 0 aliphatic rings. The number of carbonyl (C=O) groups excluding carboxylic acids is 1. The van der Waals surface area contributed by atoms with E-state index >= 15 is 0 Å². The molecule has 0 aliphatic heterocycles. The average Bonchev–Trinajstić information content (AvgIpc) is 2.48. The second-order valence-electron chi connectivity index (χ2n) is 4.00. The van der Waals surface area contributed by atoms with Crippen LogP contribution >= 0.6 is 22.6 Å². The van der Waals surface area contributed by atoms with Gasteiger partial charge in [0.25, 0.3) is 5.91 Å². The van der Waals surface area contributed by atoms with E-state index in [0.29, 0.717) is 17.1 Å². The first-order valence-electron chi connectivity index (χ1n) is 5.93. The normalized spacial score (nSPS) is 9.95. The van der Waals surface area contributed by atoms with Crippen LogP contribution in [0.1, 0.15) is 10.4 Å². The third-order valence-corrected chi connectivity index (χ3v) is 3.48. The van der Waals surface area contributed by atoms with Crippen molar-refractivity contribution < 1.29 is 14.3 Å². The number of rotatable bonds is 4. The molecule has 0 unspecified atom stereocenters. The molecule has 1 N–H and O–H groups in total. The van der Waals surface area contributed by atoms with E-state index < -0.39 is 0 Å². The molecule has 0 radical (unpaired) electrons. The highest BCUT2D eigenvalue weighted by Gasteiger charge is 2.18. The lowest BCUT2D eigenvalue weighted by molar-refractivity contribution is 0.102. The lowest BCUT2D eigenvalue weighted by Gasteiger charge is -2.13. The van der Waals surface area contributed by atoms with Crippen LogP contribution in [0.25, 0.3) is 0 Å². The summed E-state index contributed by atoms with van der Waals surface area (Å²) in [5, 5.41) is 2.83. The Labute approximate surface area is 131 Å². The van der Waals surface area contributed by atoms with E-state index in [2.05, 4.69) is 27.9 Å². The fourth-order valence-corrected chi connectivity index (χ4v) is 2.16. The van der Waals surface area contributed by atoms with Crippen molar-refractivity contribution in [1.82, 2.24) is 0 Å². The summed E-state index contributed by atoms with van der Waals surface area (Å²) < 4.78 is 11.6. The smallest absolute Gasteiger partial charge is 0.263 e. The minimum absolute atomic E-state index is 0.263. The van der Waals surface area contributed by atoms with Gasteiger partial charge in [-0.15, -0.1) is 0 Å². The number of hydrogen-bond donors (Lipinski definition) is 1. The van der Waals surface area contributed by atoms with E-state index in [0.717, 1.165) is 9.26 Å². The van der Waals surface area contributed by atoms with Crippen LogP contribution in [0.3, 0.4) is 0 Å². The van der Waals surface area contributed by atoms with Crippen molar-refractivity contribution in [2.45, 2.75) is 0 Å². The highest BCUT2D eigenvalue weighted by molar-refractivity contribution is 14.1. The second-order valence-corrected chi connectivity index (χ2v) is 5.24. The molecular weight excluding hydrogens is 369 g/mol. The summed E-state index contributed by atoms with van der Waals surface area (Å²) >= 11 is 2.21. The lowest BCUT2D eigenvalue weighted by Crippen LogP contribution is -2.14. The minimum atomic E-state index is -0.263. The zero-order valence-corrected chi connectivity index (χ0v) is 13.3. The van der Waals surface area contributed by atoms with Crippen LogP contribution in [-0.4, -0.2) is 20.1 Å². The molecule has 0 atom stereocenters. The third-order valence-electron chi connectivity index (χ3n) is 2.76. The fourth-order valence-electron chi connectivity index (χ4n) is 1.80. The first-order valence-corrected chi connectivity index (χ1v) is 7.01. The van der Waals surface area contributed by atoms with Crippen molar-refractivity contribution in [3.05, 3.63) is 51.6 Å². The zero-order valence-electron chi connectivity index (χ0n) is 11.1. The van der Waals surface area contributed by atoms with Crippen molar-refractivity contribution >= 4 is 34.2 Å². The van der Waals surface area contributed by atoms with Gasteiger partial charge in [0.15, 0.2) is 0 Å². The van der Waals surface area contributed by atoms with E-state index in [4.69, 9.17) is 9.47 Å². The van der Waals surface area contributed by atoms with Crippen LogP contribution < -0.4 is 14.8 Å². The molecule has 2 aromatic rings. The summed E-state index contributed by atoms with van der Waals surface area (Å²) in [5.41, 5.74) is 1.11. The Morgan fingerprint density at radius 2 is 1.55 bits per heavy atom. The van der Waals surface area contributed by atoms with Crippen LogP contribution in [0.5, 0.6) is 11.5 Å². The van der Waals surface area contributed by atoms with Gasteiger partial charge in [-0.2, -0.15) is 0 Å². The van der Waals surface area contributed by atoms with Gasteiger partial charge < -0.3 is 14.8 Å². The van der Waals surface area contributed by atoms with Crippen molar-refractivity contribution in [2.75, 3.05) is 19.5 Å². The maximum absolute atomic E-state index is 12.4. The Morgan fingerprint density at radius 3 is 2.05 bits per heavy atom. The van der Waals surface area contributed by atoms with Gasteiger partial charge in [-0.1, -0.05) is 6.07 Å². The van der Waals surface area contributed by atoms with Crippen LogP contribution in [0.2, 0.25) is 0 Å². The van der Waals surface area contributed by atoms with Gasteiger partial charge in [-0.25, -0.2) is 0 Å². The first-order chi connectivity index (χ1) is 9.65. The predicted octanol–water partition coefficient (Wildman–Crippen LogP) is 3.56. The Hall–Kier alpha value is -1.76. The van der Waals surface area contributed by atoms with Gasteiger partial charge in [0.1, 0.15) is 17.1 Å². The molecule has 1 amide bonds. The van der Waals surface area contributed by atoms with Gasteiger partial charge in [-0.3, -0.25) is 4.79 Å². The number of methoxy groups -OCH3 is 2. The maximum Gasteiger partial charge on any atom is 0.263 e. The van der Waals surface area contributed by atoms with Crippen LogP contribution in [0.15, 0.2) is 42.5 Å². The standard InChI is InChI=1S/C15H14INO3/c1-19-12-4-3-5-13(20-2)14(12)15(18)17-11-8-6-10(16)7-9-11/h3-9H,1-2H3,(H,17,18). The minimum Gasteiger partial charge on any atom is -0.496 e. The number of amides is 1. The van der Waals surface area contributed by atoms with Crippen molar-refractivity contribution in [3.8, 4) is 11.5 Å². The van der Waals surface area contributed by atoms with Crippen molar-refractivity contribution in [2.24, 2.45) is 0 Å². The summed E-state index contributed by atoms with van der Waals surface area (Å²) in [7, 11) is 3.05. The summed E-state index contributed by atoms with van der Waals surface area (Å²) in [6.45, 7) is 0. The predicted molar refractivity (Wildman–Crippen MR) is 86.7 cm³/mol. The molecule has 0 aliphatic carbocycles. The topological polar surface area (TPSA) is 47.6 Å². The van der Waals surface area contributed by atoms with E-state index in [-0.39, 0.29) is 5.91 Å². The van der Waals surface area contributed by atoms with Gasteiger partial charge in [0.2, 0.25) is 0 Å². The van der Waals surface area contributed by atoms with Gasteiger partial charge in [0.05, 0.1) is 14.2 Å². The number of halogens is 1. The average molecular weight is 383 g/mol. The van der Waals surface area contributed by atoms with E-state index in [1.807, 2.05) is 24.3 Å². The number of carbonyl (C=O) groups is 1. The molecule has 104 valence electrons. The SMILES string of the molecule is COc1cccc(OC)c1C(=O)Nc1ccc(I)cc1. The maximum atomic E-state index is 12.4. The Morgan fingerprint density at radius 1 is 1.00 bits per heavy atom. The van der Waals surface area contributed by atoms with Crippen molar-refractivity contribution in [1.29, 1.82) is 0 Å². The summed E-state index contributed by atoms with van der Waals surface area (Å²) in [5.74, 6) is 0.695. The molecular formula is C15H14INO3. The summed E-state index contributed by atoms with van der Waals surface area (Å²) in [4.78, 5) is 12.4. The quantitative estimate of drug-likeness (QED) is 0.822. The monoisotopic (exact) mass is 383 g/mol. The van der Waals surface area contributed by atoms with Gasteiger partial charge in [-0.05, 0) is 59.0 Å². The van der Waals surface area contributed by atoms with Crippen molar-refractivity contribution in [3.63, 3.8) is 0 Å². The molecule has 20 heavy (non-hydrogen) atoms. The third kappa shape index (κ3) is 3.22. The fraction of sp³-hybridized carbons (Fsp3) is 0.133. The molecule has 2 aromatic carbocycles. The number of ether oxygens (including phenoxy) is 2. The highest BCUT2D eigenvalue weighted by atomic mass is 127. The Kier molecular flexibility index (Phi) is 4.84. The number of nitrogens with one attached hydrogen (secondary N) is 1. The zero-order chi connectivity index (χ0) is 14.5. The van der Waals surface area contributed by atoms with Crippen LogP contribution in [0.4, 0.5) is 5.69 Å². The van der Waals surface area contributed by atoms with E-state index in [1.165, 1.54) is 14.2 Å². The van der Waals surface area contributed by atoms with Gasteiger partial charge in [0, 0.05) is 9.26 Å². The number of hydrogen-bond acceptors (Lipinski definition) is 3. The van der Waals surface area contributed by atoms with Crippen LogP contribution in [0, 0.1) is 3.57 Å². The molecule has 4 nitrogen and oxygen atoms in total. The van der Waals surface area contributed by atoms with E-state index in [1.54, 1.807) is 18.2 Å². The van der Waals surface area contributed by atoms with Gasteiger partial charge >= 0.3 is 0 Å². The molecule has 5 heteroatoms. The molecule has 0 spiro atoms. The number of benzene rings is 2. The molecule has 0 saturated carbocycles.